The number of amides is 1. The predicted molar refractivity (Wildman–Crippen MR) is 87.7 cm³/mol. The molecule has 1 saturated carbocycles. The van der Waals surface area contributed by atoms with Gasteiger partial charge in [0.05, 0.1) is 6.54 Å². The number of carbonyl (C=O) groups excluding carboxylic acids is 1. The Hall–Kier alpha value is -2.28. The number of nitrogens with zero attached hydrogens (tertiary/aromatic N) is 2. The maximum absolute atomic E-state index is 13.9. The zero-order valence-electron chi connectivity index (χ0n) is 14.3. The molecule has 0 saturated heterocycles. The number of halogens is 2. The van der Waals surface area contributed by atoms with E-state index in [0.29, 0.717) is 30.6 Å². The van der Waals surface area contributed by atoms with E-state index >= 15 is 0 Å². The highest BCUT2D eigenvalue weighted by Crippen LogP contribution is 2.30. The molecule has 1 amide bonds. The molecule has 3 rings (SSSR count). The predicted octanol–water partition coefficient (Wildman–Crippen LogP) is 3.26. The standard InChI is InChI=1S/C18H21F2N3O2/c1-11(2)21-18(24)16-10-25-17(22-16)9-23(14-5-6-14)8-12-3-4-13(19)7-15(12)20/h3-4,7,10-11,14H,5-6,8-9H2,1-2H3,(H,21,24). The highest BCUT2D eigenvalue weighted by atomic mass is 19.1. The quantitative estimate of drug-likeness (QED) is 0.834. The van der Waals surface area contributed by atoms with E-state index in [1.165, 1.54) is 18.4 Å². The van der Waals surface area contributed by atoms with Gasteiger partial charge in [-0.15, -0.1) is 0 Å². The third kappa shape index (κ3) is 4.63. The largest absolute Gasteiger partial charge is 0.447 e. The average Bonchev–Trinajstić information content (AvgIpc) is 3.27. The molecule has 1 N–H and O–H groups in total. The Morgan fingerprint density at radius 2 is 2.12 bits per heavy atom. The number of rotatable bonds is 7. The summed E-state index contributed by atoms with van der Waals surface area (Å²) in [5.41, 5.74) is 0.657. The number of oxazole rings is 1. The van der Waals surface area contributed by atoms with E-state index < -0.39 is 11.6 Å². The van der Waals surface area contributed by atoms with Crippen LogP contribution in [0.5, 0.6) is 0 Å². The Morgan fingerprint density at radius 1 is 1.36 bits per heavy atom. The summed E-state index contributed by atoms with van der Waals surface area (Å²) in [6.07, 6.45) is 3.37. The molecule has 1 heterocycles. The summed E-state index contributed by atoms with van der Waals surface area (Å²) in [6, 6.07) is 3.93. The Bertz CT molecular complexity index is 757. The van der Waals surface area contributed by atoms with Crippen molar-refractivity contribution >= 4 is 5.91 Å². The zero-order chi connectivity index (χ0) is 18.0. The molecule has 0 bridgehead atoms. The molecule has 134 valence electrons. The second-order valence-corrected chi connectivity index (χ2v) is 6.63. The first kappa shape index (κ1) is 17.5. The molecule has 1 aromatic carbocycles. The number of hydrogen-bond donors (Lipinski definition) is 1. The van der Waals surface area contributed by atoms with Gasteiger partial charge in [0, 0.05) is 30.3 Å². The molecule has 1 fully saturated rings. The highest BCUT2D eigenvalue weighted by Gasteiger charge is 2.30. The summed E-state index contributed by atoms with van der Waals surface area (Å²) in [4.78, 5) is 18.2. The molecular formula is C18H21F2N3O2. The molecule has 7 heteroatoms. The van der Waals surface area contributed by atoms with Gasteiger partial charge in [0.1, 0.15) is 17.9 Å². The third-order valence-corrected chi connectivity index (χ3v) is 3.99. The van der Waals surface area contributed by atoms with Crippen LogP contribution in [-0.2, 0) is 13.1 Å². The van der Waals surface area contributed by atoms with Crippen molar-refractivity contribution in [2.24, 2.45) is 0 Å². The topological polar surface area (TPSA) is 58.4 Å². The third-order valence-electron chi connectivity index (χ3n) is 3.99. The maximum Gasteiger partial charge on any atom is 0.273 e. The molecule has 1 aliphatic carbocycles. The van der Waals surface area contributed by atoms with Gasteiger partial charge in [-0.3, -0.25) is 9.69 Å². The Morgan fingerprint density at radius 3 is 2.76 bits per heavy atom. The molecule has 0 atom stereocenters. The van der Waals surface area contributed by atoms with Crippen LogP contribution in [0.15, 0.2) is 28.9 Å². The molecule has 0 radical (unpaired) electrons. The lowest BCUT2D eigenvalue weighted by molar-refractivity contribution is 0.0938. The molecule has 0 unspecified atom stereocenters. The number of nitrogens with one attached hydrogen (secondary N) is 1. The van der Waals surface area contributed by atoms with Gasteiger partial charge in [-0.05, 0) is 32.8 Å². The van der Waals surface area contributed by atoms with E-state index in [1.54, 1.807) is 0 Å². The van der Waals surface area contributed by atoms with Crippen LogP contribution in [0.4, 0.5) is 8.78 Å². The highest BCUT2D eigenvalue weighted by molar-refractivity contribution is 5.92. The molecular weight excluding hydrogens is 328 g/mol. The number of benzene rings is 1. The van der Waals surface area contributed by atoms with E-state index in [1.807, 2.05) is 18.7 Å². The van der Waals surface area contributed by atoms with E-state index in [2.05, 4.69) is 10.3 Å². The van der Waals surface area contributed by atoms with Gasteiger partial charge in [0.2, 0.25) is 5.89 Å². The van der Waals surface area contributed by atoms with Gasteiger partial charge >= 0.3 is 0 Å². The van der Waals surface area contributed by atoms with Crippen molar-refractivity contribution in [1.29, 1.82) is 0 Å². The monoisotopic (exact) mass is 349 g/mol. The Labute approximate surface area is 145 Å². The summed E-state index contributed by atoms with van der Waals surface area (Å²) < 4.78 is 32.4. The summed E-state index contributed by atoms with van der Waals surface area (Å²) in [6.45, 7) is 4.44. The van der Waals surface area contributed by atoms with Gasteiger partial charge in [0.15, 0.2) is 5.69 Å². The van der Waals surface area contributed by atoms with Crippen molar-refractivity contribution < 1.29 is 18.0 Å². The van der Waals surface area contributed by atoms with E-state index in [0.717, 1.165) is 18.9 Å². The fraction of sp³-hybridized carbons (Fsp3) is 0.444. The second kappa shape index (κ2) is 7.31. The minimum absolute atomic E-state index is 0.0112. The number of hydrogen-bond acceptors (Lipinski definition) is 4. The summed E-state index contributed by atoms with van der Waals surface area (Å²) in [7, 11) is 0. The van der Waals surface area contributed by atoms with Gasteiger partial charge in [0.25, 0.3) is 5.91 Å². The molecule has 1 aromatic heterocycles. The molecule has 5 nitrogen and oxygen atoms in total. The first-order valence-corrected chi connectivity index (χ1v) is 8.35. The SMILES string of the molecule is CC(C)NC(=O)c1coc(CN(Cc2ccc(F)cc2F)C2CC2)n1. The second-order valence-electron chi connectivity index (χ2n) is 6.63. The first-order valence-electron chi connectivity index (χ1n) is 8.35. The average molecular weight is 349 g/mol. The maximum atomic E-state index is 13.9. The number of aromatic nitrogens is 1. The zero-order valence-corrected chi connectivity index (χ0v) is 14.3. The van der Waals surface area contributed by atoms with Crippen LogP contribution < -0.4 is 5.32 Å². The summed E-state index contributed by atoms with van der Waals surface area (Å²) in [5, 5.41) is 2.75. The molecule has 2 aromatic rings. The Kier molecular flexibility index (Phi) is 5.13. The smallest absolute Gasteiger partial charge is 0.273 e. The lowest BCUT2D eigenvalue weighted by Gasteiger charge is -2.20. The summed E-state index contributed by atoms with van der Waals surface area (Å²) in [5.74, 6) is -1.03. The van der Waals surface area contributed by atoms with Crippen molar-refractivity contribution in [2.45, 2.75) is 51.9 Å². The lowest BCUT2D eigenvalue weighted by atomic mass is 10.2. The van der Waals surface area contributed by atoms with Crippen LogP contribution in [0.1, 0.15) is 48.6 Å². The fourth-order valence-corrected chi connectivity index (χ4v) is 2.62. The van der Waals surface area contributed by atoms with Crippen molar-refractivity contribution in [1.82, 2.24) is 15.2 Å². The fourth-order valence-electron chi connectivity index (χ4n) is 2.62. The van der Waals surface area contributed by atoms with Crippen molar-refractivity contribution in [3.05, 3.63) is 53.2 Å². The van der Waals surface area contributed by atoms with Crippen LogP contribution in [0.3, 0.4) is 0 Å². The molecule has 1 aliphatic rings. The van der Waals surface area contributed by atoms with Crippen LogP contribution in [0.2, 0.25) is 0 Å². The normalized spacial score (nSPS) is 14.3. The molecule has 25 heavy (non-hydrogen) atoms. The molecule has 0 aliphatic heterocycles. The Balaban J connectivity index is 1.68. The van der Waals surface area contributed by atoms with Gasteiger partial charge in [-0.1, -0.05) is 6.07 Å². The van der Waals surface area contributed by atoms with Gasteiger partial charge in [-0.25, -0.2) is 13.8 Å². The van der Waals surface area contributed by atoms with Crippen molar-refractivity contribution in [3.8, 4) is 0 Å². The van der Waals surface area contributed by atoms with Crippen LogP contribution in [-0.4, -0.2) is 27.9 Å². The van der Waals surface area contributed by atoms with Crippen LogP contribution in [0.25, 0.3) is 0 Å². The minimum Gasteiger partial charge on any atom is -0.447 e. The van der Waals surface area contributed by atoms with Crippen LogP contribution in [0, 0.1) is 11.6 Å². The number of carbonyl (C=O) groups is 1. The summed E-state index contributed by atoms with van der Waals surface area (Å²) >= 11 is 0. The van der Waals surface area contributed by atoms with E-state index in [4.69, 9.17) is 4.42 Å². The van der Waals surface area contributed by atoms with Gasteiger partial charge < -0.3 is 9.73 Å². The van der Waals surface area contributed by atoms with Crippen LogP contribution >= 0.6 is 0 Å². The minimum atomic E-state index is -0.590. The molecule has 0 spiro atoms. The lowest BCUT2D eigenvalue weighted by Crippen LogP contribution is -2.30. The van der Waals surface area contributed by atoms with Crippen molar-refractivity contribution in [3.63, 3.8) is 0 Å². The van der Waals surface area contributed by atoms with E-state index in [9.17, 15) is 13.6 Å². The van der Waals surface area contributed by atoms with Crippen molar-refractivity contribution in [2.75, 3.05) is 0 Å². The van der Waals surface area contributed by atoms with Gasteiger partial charge in [-0.2, -0.15) is 0 Å². The van der Waals surface area contributed by atoms with E-state index in [-0.39, 0.29) is 17.6 Å². The first-order chi connectivity index (χ1) is 11.9.